The van der Waals surface area contributed by atoms with Crippen LogP contribution in [0.2, 0.25) is 5.02 Å². The zero-order valence-corrected chi connectivity index (χ0v) is 15.9. The predicted molar refractivity (Wildman–Crippen MR) is 97.8 cm³/mol. The average Bonchev–Trinajstić information content (AvgIpc) is 3.02. The van der Waals surface area contributed by atoms with Gasteiger partial charge in [-0.3, -0.25) is 14.9 Å². The van der Waals surface area contributed by atoms with E-state index in [1.807, 2.05) is 6.26 Å². The zero-order chi connectivity index (χ0) is 20.0. The fourth-order valence-corrected chi connectivity index (χ4v) is 3.06. The molecule has 0 spiro atoms. The summed E-state index contributed by atoms with van der Waals surface area (Å²) < 4.78 is 9.88. The molecule has 2 unspecified atom stereocenters. The molecule has 0 bridgehead atoms. The van der Waals surface area contributed by atoms with Gasteiger partial charge in [0, 0.05) is 18.6 Å². The molecule has 0 aromatic heterocycles. The number of ether oxygens (including phenoxy) is 2. The van der Waals surface area contributed by atoms with E-state index in [2.05, 4.69) is 5.32 Å². The predicted octanol–water partition coefficient (Wildman–Crippen LogP) is 1.96. The van der Waals surface area contributed by atoms with Crippen molar-refractivity contribution < 1.29 is 28.8 Å². The van der Waals surface area contributed by atoms with Gasteiger partial charge in [0.25, 0.3) is 11.6 Å². The molecule has 0 aliphatic carbocycles. The van der Waals surface area contributed by atoms with Crippen LogP contribution < -0.4 is 5.32 Å². The summed E-state index contributed by atoms with van der Waals surface area (Å²) in [5, 5.41) is 13.2. The van der Waals surface area contributed by atoms with Crippen LogP contribution in [0.3, 0.4) is 0 Å². The van der Waals surface area contributed by atoms with Crippen molar-refractivity contribution in [1.29, 1.82) is 0 Å². The first kappa shape index (κ1) is 21.0. The van der Waals surface area contributed by atoms with Crippen molar-refractivity contribution in [2.24, 2.45) is 0 Å². The molecule has 27 heavy (non-hydrogen) atoms. The molecule has 9 nitrogen and oxygen atoms in total. The van der Waals surface area contributed by atoms with Gasteiger partial charge in [0.15, 0.2) is 0 Å². The van der Waals surface area contributed by atoms with E-state index in [0.29, 0.717) is 5.75 Å². The summed E-state index contributed by atoms with van der Waals surface area (Å²) >= 11 is 7.42. The number of nitrogens with one attached hydrogen (secondary N) is 1. The topological polar surface area (TPSA) is 125 Å². The second-order valence-corrected chi connectivity index (χ2v) is 7.00. The van der Waals surface area contributed by atoms with Crippen LogP contribution in [0.4, 0.5) is 5.69 Å². The van der Waals surface area contributed by atoms with E-state index in [4.69, 9.17) is 21.1 Å². The number of cyclic esters (lactones) is 1. The number of nitro benzene ring substituents is 1. The monoisotopic (exact) mass is 416 g/mol. The zero-order valence-electron chi connectivity index (χ0n) is 14.3. The molecular formula is C16H17ClN2O7S. The normalized spacial score (nSPS) is 17.1. The number of nitro groups is 1. The van der Waals surface area contributed by atoms with Crippen molar-refractivity contribution in [1.82, 2.24) is 5.32 Å². The lowest BCUT2D eigenvalue weighted by Crippen LogP contribution is -2.44. The molecule has 1 saturated heterocycles. The van der Waals surface area contributed by atoms with Crippen molar-refractivity contribution in [2.75, 3.05) is 18.6 Å². The first-order chi connectivity index (χ1) is 12.8. The Labute approximate surface area is 163 Å². The van der Waals surface area contributed by atoms with E-state index in [1.165, 1.54) is 17.8 Å². The third-order valence-corrected chi connectivity index (χ3v) is 4.71. The fourth-order valence-electron chi connectivity index (χ4n) is 2.33. The molecule has 1 N–H and O–H groups in total. The SMILES string of the molecule is CSCCC(NC(=O)c1ccc([N+](=O)[O-])cc1Cl)C(=O)OC1CCOC1=O. The maximum Gasteiger partial charge on any atom is 0.347 e. The van der Waals surface area contributed by atoms with Crippen molar-refractivity contribution in [2.45, 2.75) is 25.0 Å². The number of thioether (sulfide) groups is 1. The quantitative estimate of drug-likeness (QED) is 0.387. The standard InChI is InChI=1S/C16H17ClN2O7S/c1-27-7-5-12(15(21)26-13-4-6-25-16(13)22)18-14(20)10-3-2-9(19(23)24)8-11(10)17/h2-3,8,12-13H,4-7H2,1H3,(H,18,20). The lowest BCUT2D eigenvalue weighted by atomic mass is 10.1. The van der Waals surface area contributed by atoms with Gasteiger partial charge in [-0.1, -0.05) is 11.6 Å². The van der Waals surface area contributed by atoms with Crippen LogP contribution in [0, 0.1) is 10.1 Å². The number of hydrogen-bond acceptors (Lipinski definition) is 8. The highest BCUT2D eigenvalue weighted by Crippen LogP contribution is 2.23. The molecule has 1 aliphatic heterocycles. The number of carbonyl (C=O) groups is 3. The molecule has 1 amide bonds. The first-order valence-corrected chi connectivity index (χ1v) is 9.71. The number of esters is 2. The van der Waals surface area contributed by atoms with Crippen LogP contribution in [-0.4, -0.2) is 53.5 Å². The van der Waals surface area contributed by atoms with Crippen molar-refractivity contribution >= 4 is 46.9 Å². The number of nitrogens with zero attached hydrogens (tertiary/aromatic N) is 1. The Hall–Kier alpha value is -2.33. The van der Waals surface area contributed by atoms with Crippen molar-refractivity contribution in [3.8, 4) is 0 Å². The summed E-state index contributed by atoms with van der Waals surface area (Å²) in [5.74, 6) is -1.48. The summed E-state index contributed by atoms with van der Waals surface area (Å²) in [7, 11) is 0. The van der Waals surface area contributed by atoms with Gasteiger partial charge in [0.05, 0.1) is 22.1 Å². The summed E-state index contributed by atoms with van der Waals surface area (Å²) in [6, 6.07) is 2.41. The second kappa shape index (κ2) is 9.56. The Kier molecular flexibility index (Phi) is 7.43. The summed E-state index contributed by atoms with van der Waals surface area (Å²) in [4.78, 5) is 46.4. The van der Waals surface area contributed by atoms with Gasteiger partial charge in [-0.05, 0) is 24.5 Å². The molecule has 1 fully saturated rings. The third kappa shape index (κ3) is 5.57. The molecule has 146 valence electrons. The molecule has 1 aliphatic rings. The number of amides is 1. The molecule has 1 aromatic rings. The lowest BCUT2D eigenvalue weighted by molar-refractivity contribution is -0.384. The number of non-ortho nitro benzene ring substituents is 1. The van der Waals surface area contributed by atoms with Crippen LogP contribution in [-0.2, 0) is 19.1 Å². The summed E-state index contributed by atoms with van der Waals surface area (Å²) in [5.41, 5.74) is -0.265. The Morgan fingerprint density at radius 1 is 1.52 bits per heavy atom. The van der Waals surface area contributed by atoms with Crippen molar-refractivity contribution in [3.05, 3.63) is 38.9 Å². The van der Waals surface area contributed by atoms with Crippen LogP contribution in [0.5, 0.6) is 0 Å². The van der Waals surface area contributed by atoms with E-state index in [9.17, 15) is 24.5 Å². The molecule has 0 saturated carbocycles. The largest absolute Gasteiger partial charge is 0.463 e. The molecular weight excluding hydrogens is 400 g/mol. The maximum absolute atomic E-state index is 12.5. The number of rotatable bonds is 8. The molecule has 11 heteroatoms. The Bertz CT molecular complexity index is 758. The summed E-state index contributed by atoms with van der Waals surface area (Å²) in [6.07, 6.45) is 1.40. The highest BCUT2D eigenvalue weighted by molar-refractivity contribution is 7.98. The minimum Gasteiger partial charge on any atom is -0.463 e. The fraction of sp³-hybridized carbons (Fsp3) is 0.438. The van der Waals surface area contributed by atoms with Crippen LogP contribution in [0.15, 0.2) is 18.2 Å². The first-order valence-electron chi connectivity index (χ1n) is 7.94. The second-order valence-electron chi connectivity index (χ2n) is 5.61. The van der Waals surface area contributed by atoms with E-state index in [1.54, 1.807) is 0 Å². The van der Waals surface area contributed by atoms with Gasteiger partial charge in [-0.25, -0.2) is 9.59 Å². The molecule has 1 heterocycles. The molecule has 2 atom stereocenters. The maximum atomic E-state index is 12.5. The molecule has 2 rings (SSSR count). The van der Waals surface area contributed by atoms with Gasteiger partial charge < -0.3 is 14.8 Å². The van der Waals surface area contributed by atoms with Gasteiger partial charge in [-0.15, -0.1) is 0 Å². The smallest absolute Gasteiger partial charge is 0.347 e. The summed E-state index contributed by atoms with van der Waals surface area (Å²) in [6.45, 7) is 0.178. The van der Waals surface area contributed by atoms with Crippen LogP contribution in [0.1, 0.15) is 23.2 Å². The number of hydrogen-bond donors (Lipinski definition) is 1. The number of carbonyl (C=O) groups excluding carboxylic acids is 3. The average molecular weight is 417 g/mol. The molecule has 1 aromatic carbocycles. The van der Waals surface area contributed by atoms with E-state index in [-0.39, 0.29) is 35.7 Å². The van der Waals surface area contributed by atoms with Gasteiger partial charge in [-0.2, -0.15) is 11.8 Å². The Morgan fingerprint density at radius 2 is 2.26 bits per heavy atom. The van der Waals surface area contributed by atoms with E-state index in [0.717, 1.165) is 12.1 Å². The Morgan fingerprint density at radius 3 is 2.81 bits per heavy atom. The highest BCUT2D eigenvalue weighted by Gasteiger charge is 2.33. The van der Waals surface area contributed by atoms with E-state index >= 15 is 0 Å². The van der Waals surface area contributed by atoms with Crippen molar-refractivity contribution in [3.63, 3.8) is 0 Å². The third-order valence-electron chi connectivity index (χ3n) is 3.75. The van der Waals surface area contributed by atoms with Crippen LogP contribution in [0.25, 0.3) is 0 Å². The van der Waals surface area contributed by atoms with Crippen LogP contribution >= 0.6 is 23.4 Å². The lowest BCUT2D eigenvalue weighted by Gasteiger charge is -2.19. The van der Waals surface area contributed by atoms with Gasteiger partial charge in [0.2, 0.25) is 6.10 Å². The Balaban J connectivity index is 2.10. The minimum absolute atomic E-state index is 0.00973. The number of halogens is 1. The molecule has 0 radical (unpaired) electrons. The van der Waals surface area contributed by atoms with Gasteiger partial charge >= 0.3 is 11.9 Å². The van der Waals surface area contributed by atoms with E-state index < -0.39 is 34.9 Å². The number of benzene rings is 1. The minimum atomic E-state index is -0.996. The van der Waals surface area contributed by atoms with Gasteiger partial charge in [0.1, 0.15) is 6.04 Å². The highest BCUT2D eigenvalue weighted by atomic mass is 35.5.